The molecule has 2 rings (SSSR count). The van der Waals surface area contributed by atoms with Crippen molar-refractivity contribution in [2.75, 3.05) is 13.1 Å². The molecule has 0 aliphatic carbocycles. The fourth-order valence-corrected chi connectivity index (χ4v) is 2.29. The van der Waals surface area contributed by atoms with Gasteiger partial charge in [0, 0.05) is 19.5 Å². The summed E-state index contributed by atoms with van der Waals surface area (Å²) < 4.78 is 0. The van der Waals surface area contributed by atoms with Crippen molar-refractivity contribution in [1.29, 1.82) is 0 Å². The van der Waals surface area contributed by atoms with E-state index < -0.39 is 0 Å². The summed E-state index contributed by atoms with van der Waals surface area (Å²) in [4.78, 5) is 13.8. The lowest BCUT2D eigenvalue weighted by atomic mass is 10.0. The highest BCUT2D eigenvalue weighted by Crippen LogP contribution is 2.16. The number of rotatable bonds is 2. The molecule has 86 valence electrons. The maximum absolute atomic E-state index is 11.8. The quantitative estimate of drug-likeness (QED) is 0.745. The lowest BCUT2D eigenvalue weighted by Crippen LogP contribution is -2.32. The Kier molecular flexibility index (Phi) is 3.60. The molecular formula is C14H19NO. The van der Waals surface area contributed by atoms with Crippen LogP contribution < -0.4 is 0 Å². The van der Waals surface area contributed by atoms with Crippen LogP contribution in [-0.4, -0.2) is 23.9 Å². The van der Waals surface area contributed by atoms with Gasteiger partial charge in [0.2, 0.25) is 5.91 Å². The van der Waals surface area contributed by atoms with Crippen LogP contribution in [0.5, 0.6) is 0 Å². The summed E-state index contributed by atoms with van der Waals surface area (Å²) in [6.45, 7) is 3.83. The highest BCUT2D eigenvalue weighted by molar-refractivity contribution is 5.76. The average molecular weight is 217 g/mol. The fraction of sp³-hybridized carbons (Fsp3) is 0.500. The van der Waals surface area contributed by atoms with E-state index >= 15 is 0 Å². The number of amides is 1. The molecule has 2 heteroatoms. The summed E-state index contributed by atoms with van der Waals surface area (Å²) in [6, 6.07) is 8.54. The molecular weight excluding hydrogens is 198 g/mol. The van der Waals surface area contributed by atoms with Gasteiger partial charge in [-0.15, -0.1) is 0 Å². The molecule has 0 saturated carbocycles. The third-order valence-corrected chi connectivity index (χ3v) is 3.24. The maximum Gasteiger partial charge on any atom is 0.222 e. The van der Waals surface area contributed by atoms with Gasteiger partial charge >= 0.3 is 0 Å². The van der Waals surface area contributed by atoms with E-state index in [4.69, 9.17) is 0 Å². The molecule has 1 aromatic carbocycles. The van der Waals surface area contributed by atoms with E-state index in [-0.39, 0.29) is 0 Å². The number of carbonyl (C=O) groups is 1. The van der Waals surface area contributed by atoms with Crippen molar-refractivity contribution < 1.29 is 4.79 Å². The molecule has 0 aromatic heterocycles. The van der Waals surface area contributed by atoms with Crippen LogP contribution in [0.4, 0.5) is 0 Å². The van der Waals surface area contributed by atoms with Crippen molar-refractivity contribution in [1.82, 2.24) is 4.90 Å². The molecule has 1 heterocycles. The molecule has 0 unspecified atom stereocenters. The lowest BCUT2D eigenvalue weighted by molar-refractivity contribution is -0.131. The number of benzene rings is 1. The number of fused-ring (bicyclic) bond motifs is 1. The largest absolute Gasteiger partial charge is 0.342 e. The molecule has 1 aromatic rings. The van der Waals surface area contributed by atoms with E-state index in [2.05, 4.69) is 31.2 Å². The van der Waals surface area contributed by atoms with Crippen molar-refractivity contribution in [3.8, 4) is 0 Å². The number of hydrogen-bond acceptors (Lipinski definition) is 1. The van der Waals surface area contributed by atoms with Gasteiger partial charge in [-0.2, -0.15) is 0 Å². The molecule has 0 atom stereocenters. The normalized spacial score (nSPS) is 15.4. The highest BCUT2D eigenvalue weighted by atomic mass is 16.2. The number of carbonyl (C=O) groups excluding carboxylic acids is 1. The highest BCUT2D eigenvalue weighted by Gasteiger charge is 2.16. The zero-order chi connectivity index (χ0) is 11.4. The van der Waals surface area contributed by atoms with E-state index in [0.717, 1.165) is 32.4 Å². The first-order valence-corrected chi connectivity index (χ1v) is 6.16. The van der Waals surface area contributed by atoms with Crippen LogP contribution >= 0.6 is 0 Å². The predicted octanol–water partition coefficient (Wildman–Crippen LogP) is 2.41. The zero-order valence-corrected chi connectivity index (χ0v) is 9.91. The van der Waals surface area contributed by atoms with Gasteiger partial charge in [-0.1, -0.05) is 31.2 Å². The van der Waals surface area contributed by atoms with E-state index in [0.29, 0.717) is 12.3 Å². The topological polar surface area (TPSA) is 20.3 Å². The molecule has 0 saturated heterocycles. The SMILES string of the molecule is CCCC(=O)N1CCc2ccccc2CC1. The minimum Gasteiger partial charge on any atom is -0.342 e. The van der Waals surface area contributed by atoms with E-state index in [1.807, 2.05) is 4.90 Å². The lowest BCUT2D eigenvalue weighted by Gasteiger charge is -2.19. The zero-order valence-electron chi connectivity index (χ0n) is 9.91. The average Bonchev–Trinajstić information content (AvgIpc) is 2.51. The molecule has 1 amide bonds. The van der Waals surface area contributed by atoms with Crippen molar-refractivity contribution in [2.24, 2.45) is 0 Å². The van der Waals surface area contributed by atoms with Gasteiger partial charge in [0.1, 0.15) is 0 Å². The van der Waals surface area contributed by atoms with E-state index in [1.165, 1.54) is 11.1 Å². The molecule has 16 heavy (non-hydrogen) atoms. The molecule has 1 aliphatic rings. The second-order valence-corrected chi connectivity index (χ2v) is 4.40. The van der Waals surface area contributed by atoms with E-state index in [9.17, 15) is 4.79 Å². The standard InChI is InChI=1S/C14H19NO/c1-2-5-14(16)15-10-8-12-6-3-4-7-13(12)9-11-15/h3-4,6-7H,2,5,8-11H2,1H3. The van der Waals surface area contributed by atoms with Crippen LogP contribution in [0.15, 0.2) is 24.3 Å². The van der Waals surface area contributed by atoms with Crippen molar-refractivity contribution in [3.05, 3.63) is 35.4 Å². The van der Waals surface area contributed by atoms with Gasteiger partial charge in [0.25, 0.3) is 0 Å². The summed E-state index contributed by atoms with van der Waals surface area (Å²) in [5.41, 5.74) is 2.82. The maximum atomic E-state index is 11.8. The molecule has 1 aliphatic heterocycles. The van der Waals surface area contributed by atoms with Gasteiger partial charge in [-0.05, 0) is 30.4 Å². The fourth-order valence-electron chi connectivity index (χ4n) is 2.29. The van der Waals surface area contributed by atoms with Gasteiger partial charge < -0.3 is 4.90 Å². The first kappa shape index (κ1) is 11.2. The Morgan fingerprint density at radius 1 is 1.19 bits per heavy atom. The monoisotopic (exact) mass is 217 g/mol. The van der Waals surface area contributed by atoms with Crippen LogP contribution in [-0.2, 0) is 17.6 Å². The van der Waals surface area contributed by atoms with Gasteiger partial charge in [-0.3, -0.25) is 4.79 Å². The first-order valence-electron chi connectivity index (χ1n) is 6.16. The second-order valence-electron chi connectivity index (χ2n) is 4.40. The predicted molar refractivity (Wildman–Crippen MR) is 65.3 cm³/mol. The molecule has 0 N–H and O–H groups in total. The Morgan fingerprint density at radius 2 is 1.75 bits per heavy atom. The first-order chi connectivity index (χ1) is 7.81. The Hall–Kier alpha value is -1.31. The Bertz CT molecular complexity index is 346. The third kappa shape index (κ3) is 2.43. The van der Waals surface area contributed by atoms with E-state index in [1.54, 1.807) is 0 Å². The molecule has 2 nitrogen and oxygen atoms in total. The number of nitrogens with zero attached hydrogens (tertiary/aromatic N) is 1. The van der Waals surface area contributed by atoms with Crippen LogP contribution in [0.1, 0.15) is 30.9 Å². The summed E-state index contributed by atoms with van der Waals surface area (Å²) in [7, 11) is 0. The Morgan fingerprint density at radius 3 is 2.25 bits per heavy atom. The van der Waals surface area contributed by atoms with Crippen LogP contribution in [0.3, 0.4) is 0 Å². The molecule has 0 spiro atoms. The summed E-state index contributed by atoms with van der Waals surface area (Å²) in [6.07, 6.45) is 3.65. The van der Waals surface area contributed by atoms with Crippen LogP contribution in [0.2, 0.25) is 0 Å². The van der Waals surface area contributed by atoms with Gasteiger partial charge in [-0.25, -0.2) is 0 Å². The minimum absolute atomic E-state index is 0.315. The van der Waals surface area contributed by atoms with Crippen molar-refractivity contribution in [3.63, 3.8) is 0 Å². The third-order valence-electron chi connectivity index (χ3n) is 3.24. The summed E-state index contributed by atoms with van der Waals surface area (Å²) in [5, 5.41) is 0. The van der Waals surface area contributed by atoms with Crippen molar-refractivity contribution >= 4 is 5.91 Å². The summed E-state index contributed by atoms with van der Waals surface area (Å²) >= 11 is 0. The molecule has 0 fully saturated rings. The van der Waals surface area contributed by atoms with Crippen molar-refractivity contribution in [2.45, 2.75) is 32.6 Å². The molecule has 0 bridgehead atoms. The Balaban J connectivity index is 2.04. The number of hydrogen-bond donors (Lipinski definition) is 0. The Labute approximate surface area is 97.3 Å². The van der Waals surface area contributed by atoms with Gasteiger partial charge in [0.05, 0.1) is 0 Å². The molecule has 0 radical (unpaired) electrons. The van der Waals surface area contributed by atoms with Crippen LogP contribution in [0, 0.1) is 0 Å². The smallest absolute Gasteiger partial charge is 0.222 e. The minimum atomic E-state index is 0.315. The van der Waals surface area contributed by atoms with Crippen LogP contribution in [0.25, 0.3) is 0 Å². The van der Waals surface area contributed by atoms with Gasteiger partial charge in [0.15, 0.2) is 0 Å². The second kappa shape index (κ2) is 5.15. The summed E-state index contributed by atoms with van der Waals surface area (Å²) in [5.74, 6) is 0.315.